The average Bonchev–Trinajstić information content (AvgIpc) is 3.12. The molecule has 172 valence electrons. The summed E-state index contributed by atoms with van der Waals surface area (Å²) in [5, 5.41) is 2.48. The number of carbonyl (C=O) groups excluding carboxylic acids is 3. The molecule has 1 aliphatic heterocycles. The molecular formula is C26H22N2O5S. The van der Waals surface area contributed by atoms with Gasteiger partial charge in [0.15, 0.2) is 0 Å². The third-order valence-corrected chi connectivity index (χ3v) is 6.08. The highest BCUT2D eigenvalue weighted by atomic mass is 32.2. The van der Waals surface area contributed by atoms with E-state index < -0.39 is 0 Å². The Morgan fingerprint density at radius 1 is 0.971 bits per heavy atom. The highest BCUT2D eigenvalue weighted by Gasteiger charge is 2.35. The molecule has 0 aromatic heterocycles. The van der Waals surface area contributed by atoms with Crippen molar-refractivity contribution in [2.75, 3.05) is 19.5 Å². The number of nitrogens with one attached hydrogen (secondary N) is 1. The molecule has 34 heavy (non-hydrogen) atoms. The number of thioether (sulfide) groups is 1. The minimum atomic E-state index is -0.351. The summed E-state index contributed by atoms with van der Waals surface area (Å²) in [6.07, 6.45) is 1.68. The number of ether oxygens (including phenoxy) is 2. The highest BCUT2D eigenvalue weighted by molar-refractivity contribution is 8.18. The zero-order valence-corrected chi connectivity index (χ0v) is 19.4. The van der Waals surface area contributed by atoms with Gasteiger partial charge in [-0.3, -0.25) is 19.3 Å². The van der Waals surface area contributed by atoms with E-state index in [9.17, 15) is 14.4 Å². The first-order chi connectivity index (χ1) is 16.5. The van der Waals surface area contributed by atoms with E-state index in [1.54, 1.807) is 61.7 Å². The molecule has 0 saturated carbocycles. The van der Waals surface area contributed by atoms with Crippen LogP contribution in [0.3, 0.4) is 0 Å². The number of hydrogen-bond acceptors (Lipinski definition) is 6. The number of para-hydroxylation sites is 2. The molecule has 0 atom stereocenters. The fourth-order valence-electron chi connectivity index (χ4n) is 3.41. The summed E-state index contributed by atoms with van der Waals surface area (Å²) < 4.78 is 10.5. The SMILES string of the molecule is COc1cccc(/C=C2\SC(=O)N(Cc3ccc(C(=O)Nc4ccccc4OC)cc3)C2=O)c1. The van der Waals surface area contributed by atoms with E-state index in [0.29, 0.717) is 27.7 Å². The van der Waals surface area contributed by atoms with Crippen molar-refractivity contribution < 1.29 is 23.9 Å². The van der Waals surface area contributed by atoms with Crippen molar-refractivity contribution in [3.05, 3.63) is 94.4 Å². The highest BCUT2D eigenvalue weighted by Crippen LogP contribution is 2.33. The Hall–Kier alpha value is -4.04. The second-order valence-electron chi connectivity index (χ2n) is 7.40. The molecular weight excluding hydrogens is 452 g/mol. The lowest BCUT2D eigenvalue weighted by molar-refractivity contribution is -0.123. The van der Waals surface area contributed by atoms with Gasteiger partial charge in [-0.05, 0) is 65.4 Å². The van der Waals surface area contributed by atoms with Crippen LogP contribution in [0.25, 0.3) is 6.08 Å². The molecule has 0 unspecified atom stereocenters. The molecule has 0 spiro atoms. The molecule has 3 aromatic carbocycles. The number of rotatable bonds is 7. The number of nitrogens with zero attached hydrogens (tertiary/aromatic N) is 1. The Bertz CT molecular complexity index is 1270. The predicted octanol–water partition coefficient (Wildman–Crippen LogP) is 5.19. The van der Waals surface area contributed by atoms with Crippen LogP contribution in [0.15, 0.2) is 77.7 Å². The van der Waals surface area contributed by atoms with Crippen LogP contribution in [0.2, 0.25) is 0 Å². The third kappa shape index (κ3) is 5.13. The molecule has 4 rings (SSSR count). The maximum absolute atomic E-state index is 12.8. The Labute approximate surface area is 201 Å². The van der Waals surface area contributed by atoms with E-state index in [4.69, 9.17) is 9.47 Å². The van der Waals surface area contributed by atoms with Gasteiger partial charge in [-0.2, -0.15) is 0 Å². The Morgan fingerprint density at radius 2 is 1.74 bits per heavy atom. The van der Waals surface area contributed by atoms with E-state index in [2.05, 4.69) is 5.32 Å². The van der Waals surface area contributed by atoms with Crippen LogP contribution in [0.5, 0.6) is 11.5 Å². The molecule has 0 radical (unpaired) electrons. The first-order valence-electron chi connectivity index (χ1n) is 10.4. The standard InChI is InChI=1S/C26H22N2O5S/c1-32-20-7-5-6-18(14-20)15-23-25(30)28(26(31)34-23)16-17-10-12-19(13-11-17)24(29)27-21-8-3-4-9-22(21)33-2/h3-15H,16H2,1-2H3,(H,27,29)/b23-15-. The third-order valence-electron chi connectivity index (χ3n) is 5.18. The van der Waals surface area contributed by atoms with Crippen molar-refractivity contribution in [1.29, 1.82) is 0 Å². The van der Waals surface area contributed by atoms with Gasteiger partial charge in [-0.15, -0.1) is 0 Å². The first-order valence-corrected chi connectivity index (χ1v) is 11.2. The molecule has 8 heteroatoms. The fraction of sp³-hybridized carbons (Fsp3) is 0.115. The molecule has 1 heterocycles. The van der Waals surface area contributed by atoms with Crippen molar-refractivity contribution in [1.82, 2.24) is 4.90 Å². The van der Waals surface area contributed by atoms with Crippen molar-refractivity contribution in [3.8, 4) is 11.5 Å². The van der Waals surface area contributed by atoms with Crippen LogP contribution in [-0.4, -0.2) is 36.2 Å². The number of carbonyl (C=O) groups is 3. The lowest BCUT2D eigenvalue weighted by Gasteiger charge is -2.13. The topological polar surface area (TPSA) is 84.9 Å². The van der Waals surface area contributed by atoms with E-state index in [1.165, 1.54) is 12.0 Å². The smallest absolute Gasteiger partial charge is 0.293 e. The van der Waals surface area contributed by atoms with Crippen molar-refractivity contribution in [2.45, 2.75) is 6.54 Å². The van der Waals surface area contributed by atoms with Gasteiger partial charge < -0.3 is 14.8 Å². The minimum Gasteiger partial charge on any atom is -0.497 e. The molecule has 1 fully saturated rings. The molecule has 0 bridgehead atoms. The zero-order valence-electron chi connectivity index (χ0n) is 18.6. The fourth-order valence-corrected chi connectivity index (χ4v) is 4.24. The van der Waals surface area contributed by atoms with Gasteiger partial charge in [0, 0.05) is 5.56 Å². The monoisotopic (exact) mass is 474 g/mol. The summed E-state index contributed by atoms with van der Waals surface area (Å²) in [6, 6.07) is 21.2. The minimum absolute atomic E-state index is 0.120. The second-order valence-corrected chi connectivity index (χ2v) is 8.39. The Balaban J connectivity index is 1.43. The van der Waals surface area contributed by atoms with Crippen molar-refractivity contribution >= 4 is 40.6 Å². The lowest BCUT2D eigenvalue weighted by Crippen LogP contribution is -2.27. The van der Waals surface area contributed by atoms with Gasteiger partial charge in [-0.1, -0.05) is 36.4 Å². The quantitative estimate of drug-likeness (QED) is 0.474. The van der Waals surface area contributed by atoms with Crippen LogP contribution in [0.1, 0.15) is 21.5 Å². The number of hydrogen-bond donors (Lipinski definition) is 1. The van der Waals surface area contributed by atoms with Gasteiger partial charge in [0.05, 0.1) is 31.4 Å². The van der Waals surface area contributed by atoms with Crippen LogP contribution in [-0.2, 0) is 11.3 Å². The molecule has 1 aliphatic rings. The molecule has 0 aliphatic carbocycles. The number of methoxy groups -OCH3 is 2. The lowest BCUT2D eigenvalue weighted by atomic mass is 10.1. The molecule has 7 nitrogen and oxygen atoms in total. The number of imide groups is 1. The van der Waals surface area contributed by atoms with Crippen molar-refractivity contribution in [3.63, 3.8) is 0 Å². The van der Waals surface area contributed by atoms with E-state index in [0.717, 1.165) is 22.9 Å². The normalized spacial score (nSPS) is 14.4. The number of anilines is 1. The summed E-state index contributed by atoms with van der Waals surface area (Å²) >= 11 is 0.904. The van der Waals surface area contributed by atoms with Crippen LogP contribution >= 0.6 is 11.8 Å². The zero-order chi connectivity index (χ0) is 24.1. The van der Waals surface area contributed by atoms with Crippen LogP contribution in [0, 0.1) is 0 Å². The largest absolute Gasteiger partial charge is 0.497 e. The van der Waals surface area contributed by atoms with Crippen molar-refractivity contribution in [2.24, 2.45) is 0 Å². The summed E-state index contributed by atoms with van der Waals surface area (Å²) in [7, 11) is 3.11. The summed E-state index contributed by atoms with van der Waals surface area (Å²) in [5.41, 5.74) is 2.52. The maximum atomic E-state index is 12.8. The van der Waals surface area contributed by atoms with Gasteiger partial charge in [-0.25, -0.2) is 0 Å². The van der Waals surface area contributed by atoms with E-state index in [1.807, 2.05) is 24.3 Å². The number of amides is 3. The summed E-state index contributed by atoms with van der Waals surface area (Å²) in [4.78, 5) is 39.5. The van der Waals surface area contributed by atoms with E-state index >= 15 is 0 Å². The van der Waals surface area contributed by atoms with Crippen LogP contribution < -0.4 is 14.8 Å². The first kappa shape index (κ1) is 23.1. The molecule has 3 amide bonds. The summed E-state index contributed by atoms with van der Waals surface area (Å²) in [5.74, 6) is 0.593. The molecule has 1 saturated heterocycles. The Morgan fingerprint density at radius 3 is 2.47 bits per heavy atom. The summed E-state index contributed by atoms with van der Waals surface area (Å²) in [6.45, 7) is 0.120. The number of benzene rings is 3. The van der Waals surface area contributed by atoms with Gasteiger partial charge in [0.25, 0.3) is 17.1 Å². The predicted molar refractivity (Wildman–Crippen MR) is 132 cm³/mol. The van der Waals surface area contributed by atoms with E-state index in [-0.39, 0.29) is 23.6 Å². The van der Waals surface area contributed by atoms with Gasteiger partial charge in [0.2, 0.25) is 0 Å². The second kappa shape index (κ2) is 10.3. The average molecular weight is 475 g/mol. The maximum Gasteiger partial charge on any atom is 0.293 e. The van der Waals surface area contributed by atoms with Gasteiger partial charge >= 0.3 is 0 Å². The Kier molecular flexibility index (Phi) is 6.98. The van der Waals surface area contributed by atoms with Crippen LogP contribution in [0.4, 0.5) is 10.5 Å². The molecule has 1 N–H and O–H groups in total. The van der Waals surface area contributed by atoms with Gasteiger partial charge in [0.1, 0.15) is 11.5 Å². The molecule has 3 aromatic rings.